The molecule has 278 valence electrons. The lowest BCUT2D eigenvalue weighted by atomic mass is 9.82. The first-order valence-electron chi connectivity index (χ1n) is 20.0. The highest BCUT2D eigenvalue weighted by atomic mass is 16.3. The number of hydrogen-bond donors (Lipinski definition) is 0. The fraction of sp³-hybridized carbons (Fsp3) is 0.0556. The molecule has 0 spiro atoms. The average Bonchev–Trinajstić information content (AvgIpc) is 3.93. The molecular weight excluding hydrogens is 723 g/mol. The summed E-state index contributed by atoms with van der Waals surface area (Å²) in [6, 6.07) is 61.4. The van der Waals surface area contributed by atoms with E-state index in [-0.39, 0.29) is 5.41 Å². The summed E-state index contributed by atoms with van der Waals surface area (Å²) in [6.07, 6.45) is 0. The van der Waals surface area contributed by atoms with Gasteiger partial charge in [-0.2, -0.15) is 0 Å². The third kappa shape index (κ3) is 5.28. The number of para-hydroxylation sites is 1. The summed E-state index contributed by atoms with van der Waals surface area (Å²) < 4.78 is 12.9. The number of rotatable bonds is 5. The second kappa shape index (κ2) is 12.7. The third-order valence-electron chi connectivity index (χ3n) is 12.2. The van der Waals surface area contributed by atoms with Gasteiger partial charge >= 0.3 is 0 Å². The molecule has 0 atom stereocenters. The molecule has 1 aliphatic rings. The van der Waals surface area contributed by atoms with Crippen LogP contribution in [0.1, 0.15) is 25.0 Å². The minimum Gasteiger partial charge on any atom is -0.456 e. The standard InChI is InChI=1S/C54H35N3O2/c1-54(2)44-19-8-6-16-38(44)42-29-34(23-26-45(42)54)35-24-27-47-43(30-35)50-41(18-11-21-48(50)58-47)53-56-51(36-15-10-14-33(28-36)32-12-4-3-5-13-32)55-52(57-53)37-22-25-40-39-17-7-9-20-46(39)59-49(40)31-37/h3-31H,1-2H3. The van der Waals surface area contributed by atoms with Crippen LogP contribution < -0.4 is 0 Å². The second-order valence-corrected chi connectivity index (χ2v) is 16.0. The Morgan fingerprint density at radius 2 is 0.915 bits per heavy atom. The summed E-state index contributed by atoms with van der Waals surface area (Å²) >= 11 is 0. The molecule has 0 amide bonds. The largest absolute Gasteiger partial charge is 0.456 e. The molecular formula is C54H35N3O2. The van der Waals surface area contributed by atoms with E-state index in [4.69, 9.17) is 23.8 Å². The molecule has 5 heteroatoms. The number of furan rings is 2. The lowest BCUT2D eigenvalue weighted by Crippen LogP contribution is -2.14. The molecule has 12 rings (SSSR count). The molecule has 0 aliphatic heterocycles. The van der Waals surface area contributed by atoms with Gasteiger partial charge in [0.25, 0.3) is 0 Å². The van der Waals surface area contributed by atoms with E-state index in [1.54, 1.807) is 0 Å². The highest BCUT2D eigenvalue weighted by molar-refractivity contribution is 6.13. The van der Waals surface area contributed by atoms with Gasteiger partial charge in [-0.05, 0) is 93.0 Å². The number of aromatic nitrogens is 3. The van der Waals surface area contributed by atoms with Crippen LogP contribution in [0.4, 0.5) is 0 Å². The monoisotopic (exact) mass is 757 g/mol. The molecule has 8 aromatic carbocycles. The Bertz CT molecular complexity index is 3480. The van der Waals surface area contributed by atoms with Crippen LogP contribution in [0.3, 0.4) is 0 Å². The summed E-state index contributed by atoms with van der Waals surface area (Å²) in [4.78, 5) is 15.6. The van der Waals surface area contributed by atoms with E-state index in [1.807, 2.05) is 42.5 Å². The zero-order valence-electron chi connectivity index (χ0n) is 32.4. The molecule has 5 nitrogen and oxygen atoms in total. The maximum atomic E-state index is 6.54. The molecule has 11 aromatic rings. The summed E-state index contributed by atoms with van der Waals surface area (Å²) in [7, 11) is 0. The van der Waals surface area contributed by atoms with Crippen molar-refractivity contribution < 1.29 is 8.83 Å². The topological polar surface area (TPSA) is 65.0 Å². The first-order chi connectivity index (χ1) is 29.0. The van der Waals surface area contributed by atoms with E-state index in [0.717, 1.165) is 82.8 Å². The van der Waals surface area contributed by atoms with Gasteiger partial charge in [0.05, 0.1) is 0 Å². The van der Waals surface area contributed by atoms with Gasteiger partial charge in [0.15, 0.2) is 17.5 Å². The van der Waals surface area contributed by atoms with Gasteiger partial charge in [-0.25, -0.2) is 15.0 Å². The van der Waals surface area contributed by atoms with E-state index in [1.165, 1.54) is 22.3 Å². The highest BCUT2D eigenvalue weighted by Gasteiger charge is 2.35. The van der Waals surface area contributed by atoms with Crippen molar-refractivity contribution in [2.75, 3.05) is 0 Å². The Hall–Kier alpha value is -7.63. The van der Waals surface area contributed by atoms with Crippen LogP contribution in [0.2, 0.25) is 0 Å². The first kappa shape index (κ1) is 33.5. The maximum Gasteiger partial charge on any atom is 0.164 e. The van der Waals surface area contributed by atoms with E-state index in [2.05, 4.69) is 147 Å². The average molecular weight is 758 g/mol. The maximum absolute atomic E-state index is 6.54. The Kier molecular flexibility index (Phi) is 7.20. The molecule has 0 unspecified atom stereocenters. The molecule has 1 aliphatic carbocycles. The van der Waals surface area contributed by atoms with Crippen LogP contribution in [0.25, 0.3) is 111 Å². The van der Waals surface area contributed by atoms with Crippen molar-refractivity contribution in [2.24, 2.45) is 0 Å². The van der Waals surface area contributed by atoms with Crippen molar-refractivity contribution in [3.8, 4) is 67.5 Å². The molecule has 0 fully saturated rings. The van der Waals surface area contributed by atoms with Crippen molar-refractivity contribution in [1.29, 1.82) is 0 Å². The van der Waals surface area contributed by atoms with Crippen molar-refractivity contribution in [3.63, 3.8) is 0 Å². The van der Waals surface area contributed by atoms with Gasteiger partial charge in [-0.3, -0.25) is 0 Å². The normalized spacial score (nSPS) is 13.1. The summed E-state index contributed by atoms with van der Waals surface area (Å²) in [5.41, 5.74) is 15.6. The fourth-order valence-electron chi connectivity index (χ4n) is 9.18. The smallest absolute Gasteiger partial charge is 0.164 e. The lowest BCUT2D eigenvalue weighted by molar-refractivity contribution is 0.660. The van der Waals surface area contributed by atoms with Gasteiger partial charge in [-0.1, -0.05) is 141 Å². The molecule has 0 saturated heterocycles. The molecule has 0 saturated carbocycles. The van der Waals surface area contributed by atoms with Gasteiger partial charge in [0.2, 0.25) is 0 Å². The summed E-state index contributed by atoms with van der Waals surface area (Å²) in [5.74, 6) is 1.71. The second-order valence-electron chi connectivity index (χ2n) is 16.0. The Morgan fingerprint density at radius 1 is 0.339 bits per heavy atom. The summed E-state index contributed by atoms with van der Waals surface area (Å²) in [5, 5.41) is 4.10. The van der Waals surface area contributed by atoms with Gasteiger partial charge < -0.3 is 8.83 Å². The number of benzene rings is 8. The zero-order chi connectivity index (χ0) is 39.2. The van der Waals surface area contributed by atoms with Crippen molar-refractivity contribution in [2.45, 2.75) is 19.3 Å². The lowest BCUT2D eigenvalue weighted by Gasteiger charge is -2.21. The predicted octanol–water partition coefficient (Wildman–Crippen LogP) is 14.3. The summed E-state index contributed by atoms with van der Waals surface area (Å²) in [6.45, 7) is 4.63. The molecule has 59 heavy (non-hydrogen) atoms. The Balaban J connectivity index is 1.04. The molecule has 0 radical (unpaired) electrons. The van der Waals surface area contributed by atoms with E-state index >= 15 is 0 Å². The quantitative estimate of drug-likeness (QED) is 0.175. The van der Waals surface area contributed by atoms with Crippen LogP contribution in [0, 0.1) is 0 Å². The SMILES string of the molecule is CC1(C)c2ccccc2-c2cc(-c3ccc4oc5cccc(-c6nc(-c7cccc(-c8ccccc8)c7)nc(-c7ccc8c(c7)oc7ccccc78)n6)c5c4c3)ccc21. The van der Waals surface area contributed by atoms with Gasteiger partial charge in [0, 0.05) is 43.7 Å². The number of fused-ring (bicyclic) bond motifs is 9. The van der Waals surface area contributed by atoms with E-state index in [0.29, 0.717) is 17.5 Å². The Labute approximate surface area is 340 Å². The third-order valence-corrected chi connectivity index (χ3v) is 12.2. The number of hydrogen-bond acceptors (Lipinski definition) is 5. The zero-order valence-corrected chi connectivity index (χ0v) is 32.4. The van der Waals surface area contributed by atoms with Gasteiger partial charge in [-0.15, -0.1) is 0 Å². The predicted molar refractivity (Wildman–Crippen MR) is 239 cm³/mol. The molecule has 0 bridgehead atoms. The fourth-order valence-corrected chi connectivity index (χ4v) is 9.18. The highest BCUT2D eigenvalue weighted by Crippen LogP contribution is 2.50. The Morgan fingerprint density at radius 3 is 1.81 bits per heavy atom. The van der Waals surface area contributed by atoms with Gasteiger partial charge in [0.1, 0.15) is 22.3 Å². The van der Waals surface area contributed by atoms with Crippen LogP contribution in [0.5, 0.6) is 0 Å². The van der Waals surface area contributed by atoms with Crippen LogP contribution in [-0.2, 0) is 5.41 Å². The molecule has 0 N–H and O–H groups in total. The minimum atomic E-state index is -0.0486. The first-order valence-corrected chi connectivity index (χ1v) is 20.0. The van der Waals surface area contributed by atoms with E-state index in [9.17, 15) is 0 Å². The van der Waals surface area contributed by atoms with Crippen molar-refractivity contribution in [1.82, 2.24) is 15.0 Å². The number of nitrogens with zero attached hydrogens (tertiary/aromatic N) is 3. The molecule has 3 aromatic heterocycles. The van der Waals surface area contributed by atoms with Crippen LogP contribution in [0.15, 0.2) is 185 Å². The van der Waals surface area contributed by atoms with Crippen LogP contribution in [-0.4, -0.2) is 15.0 Å². The van der Waals surface area contributed by atoms with E-state index < -0.39 is 0 Å². The minimum absolute atomic E-state index is 0.0486. The van der Waals surface area contributed by atoms with Crippen molar-refractivity contribution in [3.05, 3.63) is 187 Å². The van der Waals surface area contributed by atoms with Crippen LogP contribution >= 0.6 is 0 Å². The van der Waals surface area contributed by atoms with Crippen molar-refractivity contribution >= 4 is 43.9 Å². The molecule has 3 heterocycles.